The van der Waals surface area contributed by atoms with Crippen LogP contribution < -0.4 is 10.7 Å². The molecule has 4 heterocycles. The topological polar surface area (TPSA) is 111 Å². The minimum atomic E-state index is -0.749. The summed E-state index contributed by atoms with van der Waals surface area (Å²) in [5.74, 6) is 0.0632. The Balaban J connectivity index is 1.91. The van der Waals surface area contributed by atoms with E-state index in [0.29, 0.717) is 42.8 Å². The Morgan fingerprint density at radius 3 is 1.74 bits per heavy atom. The molecule has 0 saturated carbocycles. The molecule has 2 aliphatic heterocycles. The minimum Gasteiger partial charge on any atom is -0.494 e. The van der Waals surface area contributed by atoms with E-state index < -0.39 is 5.41 Å². The van der Waals surface area contributed by atoms with Crippen molar-refractivity contribution in [2.24, 2.45) is 15.4 Å². The summed E-state index contributed by atoms with van der Waals surface area (Å²) in [6.45, 7) is 16.5. The molecule has 0 spiro atoms. The number of aliphatic imine (C=N–C) groups is 2. The van der Waals surface area contributed by atoms with E-state index in [0.717, 1.165) is 69.9 Å². The second-order valence-electron chi connectivity index (χ2n) is 11.1. The molecule has 0 radical (unpaired) electrons. The predicted octanol–water partition coefficient (Wildman–Crippen LogP) is 5.72. The number of aromatic amines is 2. The van der Waals surface area contributed by atoms with Gasteiger partial charge < -0.3 is 15.1 Å². The van der Waals surface area contributed by atoms with Gasteiger partial charge in [-0.1, -0.05) is 55.4 Å². The third kappa shape index (κ3) is 5.07. The van der Waals surface area contributed by atoms with E-state index in [1.807, 2.05) is 46.8 Å². The molecule has 7 nitrogen and oxygen atoms in total. The summed E-state index contributed by atoms with van der Waals surface area (Å²) in [5.41, 5.74) is 8.06. The molecule has 2 aliphatic rings. The lowest BCUT2D eigenvalue weighted by Gasteiger charge is -2.25. The number of allylic oxidation sites excluding steroid dienone is 3. The molecule has 2 aromatic rings. The van der Waals surface area contributed by atoms with Gasteiger partial charge in [-0.05, 0) is 91.9 Å². The van der Waals surface area contributed by atoms with E-state index in [-0.39, 0.29) is 17.6 Å². The number of hydrogen-bond acceptors (Lipinski definition) is 4. The standard InChI is InChI=1S/C35H46N4O3/c1-9-20-21(10-2)27(36-26(20)17-28-22(11-3)24(13-5)33(41)38-28)18-30-32(40)35(15-7,16-8)31(37-30)19-29-23(12-4)25(14-6)34(42)39-29/h17-19,36,38,41H,9-16H2,1-8H3/b26-17-,27-18+,31-19-. The molecule has 0 saturated heterocycles. The Morgan fingerprint density at radius 1 is 0.643 bits per heavy atom. The van der Waals surface area contributed by atoms with Crippen LogP contribution in [0.5, 0.6) is 5.88 Å². The van der Waals surface area contributed by atoms with Gasteiger partial charge in [-0.25, -0.2) is 9.98 Å². The maximum atomic E-state index is 14.0. The van der Waals surface area contributed by atoms with Crippen molar-refractivity contribution in [3.63, 3.8) is 0 Å². The highest BCUT2D eigenvalue weighted by molar-refractivity contribution is 6.54. The van der Waals surface area contributed by atoms with Crippen LogP contribution in [0.2, 0.25) is 0 Å². The first-order valence-electron chi connectivity index (χ1n) is 15.7. The second-order valence-corrected chi connectivity index (χ2v) is 11.1. The maximum Gasteiger partial charge on any atom is 0.273 e. The molecule has 0 fully saturated rings. The van der Waals surface area contributed by atoms with Crippen LogP contribution in [0, 0.1) is 5.41 Å². The lowest BCUT2D eigenvalue weighted by atomic mass is 9.75. The predicted molar refractivity (Wildman–Crippen MR) is 172 cm³/mol. The van der Waals surface area contributed by atoms with Crippen molar-refractivity contribution in [1.29, 1.82) is 0 Å². The molecule has 224 valence electrons. The van der Waals surface area contributed by atoms with Gasteiger partial charge in [-0.3, -0.25) is 9.59 Å². The van der Waals surface area contributed by atoms with Gasteiger partial charge in [0.05, 0.1) is 16.8 Å². The molecule has 1 amide bonds. The molecular formula is C35H46N4O3. The van der Waals surface area contributed by atoms with E-state index in [1.165, 1.54) is 5.56 Å². The van der Waals surface area contributed by atoms with Gasteiger partial charge in [-0.15, -0.1) is 0 Å². The van der Waals surface area contributed by atoms with Gasteiger partial charge in [0.15, 0.2) is 11.7 Å². The molecule has 0 unspecified atom stereocenters. The first kappa shape index (κ1) is 31.2. The molecule has 0 bridgehead atoms. The highest BCUT2D eigenvalue weighted by Gasteiger charge is 2.46. The third-order valence-corrected chi connectivity index (χ3v) is 9.24. The normalized spacial score (nSPS) is 18.7. The number of nitrogens with one attached hydrogen (secondary N) is 2. The summed E-state index contributed by atoms with van der Waals surface area (Å²) in [5, 5.41) is 12.3. The van der Waals surface area contributed by atoms with Crippen molar-refractivity contribution < 1.29 is 14.7 Å². The summed E-state index contributed by atoms with van der Waals surface area (Å²) in [6, 6.07) is 0. The van der Waals surface area contributed by atoms with E-state index in [4.69, 9.17) is 4.99 Å². The number of carbonyl (C=O) groups excluding carboxylic acids is 2. The van der Waals surface area contributed by atoms with Crippen LogP contribution in [0.4, 0.5) is 0 Å². The molecule has 4 rings (SSSR count). The summed E-state index contributed by atoms with van der Waals surface area (Å²) in [6.07, 6.45) is 11.6. The number of hydrogen-bond donors (Lipinski definition) is 3. The number of rotatable bonds is 11. The molecular weight excluding hydrogens is 524 g/mol. The van der Waals surface area contributed by atoms with Crippen LogP contribution in [-0.4, -0.2) is 38.2 Å². The number of ketones is 1. The average Bonchev–Trinajstić information content (AvgIpc) is 3.67. The highest BCUT2D eigenvalue weighted by Crippen LogP contribution is 2.43. The Labute approximate surface area is 249 Å². The first-order chi connectivity index (χ1) is 20.2. The molecule has 42 heavy (non-hydrogen) atoms. The van der Waals surface area contributed by atoms with Gasteiger partial charge >= 0.3 is 0 Å². The van der Waals surface area contributed by atoms with E-state index in [1.54, 1.807) is 0 Å². The largest absolute Gasteiger partial charge is 0.494 e. The van der Waals surface area contributed by atoms with Crippen molar-refractivity contribution >= 4 is 35.3 Å². The summed E-state index contributed by atoms with van der Waals surface area (Å²) < 4.78 is 0. The molecule has 0 atom stereocenters. The first-order valence-corrected chi connectivity index (χ1v) is 15.7. The smallest absolute Gasteiger partial charge is 0.273 e. The fourth-order valence-electron chi connectivity index (χ4n) is 6.83. The summed E-state index contributed by atoms with van der Waals surface area (Å²) in [7, 11) is 0. The van der Waals surface area contributed by atoms with Gasteiger partial charge in [0.25, 0.3) is 5.91 Å². The van der Waals surface area contributed by atoms with Crippen LogP contribution in [0.15, 0.2) is 32.9 Å². The Kier molecular flexibility index (Phi) is 9.39. The second kappa shape index (κ2) is 12.6. The van der Waals surface area contributed by atoms with Crippen LogP contribution in [0.1, 0.15) is 109 Å². The molecule has 3 N–H and O–H groups in total. The van der Waals surface area contributed by atoms with Crippen molar-refractivity contribution in [2.75, 3.05) is 0 Å². The lowest BCUT2D eigenvalue weighted by molar-refractivity contribution is -0.119. The van der Waals surface area contributed by atoms with E-state index in [9.17, 15) is 14.7 Å². The zero-order valence-corrected chi connectivity index (χ0v) is 26.5. The number of Topliss-reactive ketones (excluding diaryl/α,β-unsaturated/α-hetero) is 1. The molecule has 0 aliphatic carbocycles. The number of aromatic nitrogens is 2. The highest BCUT2D eigenvalue weighted by atomic mass is 16.3. The monoisotopic (exact) mass is 570 g/mol. The number of aromatic hydroxyl groups is 1. The van der Waals surface area contributed by atoms with Gasteiger partial charge in [0.1, 0.15) is 5.71 Å². The summed E-state index contributed by atoms with van der Waals surface area (Å²) in [4.78, 5) is 42.7. The fraction of sp³-hybridized carbons (Fsp3) is 0.486. The molecule has 7 heteroatoms. The fourth-order valence-corrected chi connectivity index (χ4v) is 6.83. The van der Waals surface area contributed by atoms with Crippen LogP contribution in [0.25, 0.3) is 12.2 Å². The summed E-state index contributed by atoms with van der Waals surface area (Å²) >= 11 is 0. The van der Waals surface area contributed by atoms with E-state index in [2.05, 4.69) is 41.8 Å². The zero-order valence-electron chi connectivity index (χ0n) is 26.5. The number of nitrogens with zero attached hydrogens (tertiary/aromatic N) is 2. The van der Waals surface area contributed by atoms with Crippen LogP contribution >= 0.6 is 0 Å². The Hall–Kier alpha value is -3.74. The molecule has 0 aromatic carbocycles. The van der Waals surface area contributed by atoms with Crippen molar-refractivity contribution in [1.82, 2.24) is 9.97 Å². The average molecular weight is 571 g/mol. The Morgan fingerprint density at radius 2 is 1.21 bits per heavy atom. The maximum absolute atomic E-state index is 14.0. The van der Waals surface area contributed by atoms with Crippen LogP contribution in [0.3, 0.4) is 0 Å². The van der Waals surface area contributed by atoms with Crippen LogP contribution in [-0.2, 0) is 35.3 Å². The number of H-pyrrole nitrogens is 2. The van der Waals surface area contributed by atoms with Crippen molar-refractivity contribution in [2.45, 2.75) is 107 Å². The van der Waals surface area contributed by atoms with Crippen molar-refractivity contribution in [3.05, 3.63) is 61.6 Å². The zero-order chi connectivity index (χ0) is 30.8. The quantitative estimate of drug-likeness (QED) is 0.321. The van der Waals surface area contributed by atoms with Gasteiger partial charge in [0, 0.05) is 27.5 Å². The molecule has 2 aromatic heterocycles. The minimum absolute atomic E-state index is 0.0109. The number of carbonyl (C=O) groups is 2. The SMILES string of the molecule is CCC1=C(CC)C(/C=C2N=C(/C=c3/[nH]/c(=C\c4[nH]c(O)c(CC)c4CC)c(CC)c3CC)C(=O)C\2(CC)CC)=NC1=O. The Bertz CT molecular complexity index is 1650. The van der Waals surface area contributed by atoms with Crippen molar-refractivity contribution in [3.8, 4) is 5.88 Å². The lowest BCUT2D eigenvalue weighted by Crippen LogP contribution is -2.31. The number of amides is 1. The van der Waals surface area contributed by atoms with E-state index >= 15 is 0 Å². The van der Waals surface area contributed by atoms with Gasteiger partial charge in [0.2, 0.25) is 0 Å². The third-order valence-electron chi connectivity index (χ3n) is 9.24. The van der Waals surface area contributed by atoms with Gasteiger partial charge in [-0.2, -0.15) is 0 Å².